The molecule has 2 saturated heterocycles. The Morgan fingerprint density at radius 2 is 2.24 bits per heavy atom. The van der Waals surface area contributed by atoms with Crippen LogP contribution in [0.5, 0.6) is 0 Å². The molecule has 21 heavy (non-hydrogen) atoms. The van der Waals surface area contributed by atoms with Gasteiger partial charge in [0.1, 0.15) is 0 Å². The maximum Gasteiger partial charge on any atom is 0.266 e. The molecule has 0 radical (unpaired) electrons. The number of rotatable bonds is 2. The molecule has 1 atom stereocenters. The van der Waals surface area contributed by atoms with Gasteiger partial charge in [0.2, 0.25) is 0 Å². The van der Waals surface area contributed by atoms with Crippen molar-refractivity contribution in [3.8, 4) is 0 Å². The Kier molecular flexibility index (Phi) is 4.12. The minimum atomic E-state index is 0.0277. The fourth-order valence-corrected chi connectivity index (χ4v) is 3.74. The molecule has 110 valence electrons. The van der Waals surface area contributed by atoms with Gasteiger partial charge in [-0.05, 0) is 47.8 Å². The van der Waals surface area contributed by atoms with Crippen molar-refractivity contribution in [3.05, 3.63) is 40.3 Å². The molecule has 1 N–H and O–H groups in total. The molecule has 1 unspecified atom stereocenters. The Morgan fingerprint density at radius 3 is 2.90 bits per heavy atom. The maximum absolute atomic E-state index is 12.3. The fraction of sp³-hybridized carbons (Fsp3) is 0.375. The zero-order valence-electron chi connectivity index (χ0n) is 12.3. The molecule has 3 rings (SSSR count). The second kappa shape index (κ2) is 6.03. The van der Waals surface area contributed by atoms with E-state index in [4.69, 9.17) is 0 Å². The fourth-order valence-electron chi connectivity index (χ4n) is 2.82. The van der Waals surface area contributed by atoms with Crippen LogP contribution in [0.1, 0.15) is 23.5 Å². The first-order valence-corrected chi connectivity index (χ1v) is 7.96. The molecule has 1 aromatic carbocycles. The molecular formula is C16H19N3OS. The van der Waals surface area contributed by atoms with Crippen LogP contribution in [-0.2, 0) is 4.79 Å². The average Bonchev–Trinajstić information content (AvgIpc) is 3.12. The SMILES string of the molecule is CN=C1S/C(=C/c2ccccc2C2CCNC2)C(=O)N1C. The van der Waals surface area contributed by atoms with Crippen LogP contribution in [0.3, 0.4) is 0 Å². The predicted octanol–water partition coefficient (Wildman–Crippen LogP) is 2.30. The number of carbonyl (C=O) groups excluding carboxylic acids is 1. The Bertz CT molecular complexity index is 618. The number of nitrogens with zero attached hydrogens (tertiary/aromatic N) is 2. The molecule has 0 aromatic heterocycles. The molecule has 0 bridgehead atoms. The smallest absolute Gasteiger partial charge is 0.266 e. The third kappa shape index (κ3) is 2.76. The lowest BCUT2D eigenvalue weighted by molar-refractivity contribution is -0.121. The highest BCUT2D eigenvalue weighted by Gasteiger charge is 2.30. The van der Waals surface area contributed by atoms with Crippen molar-refractivity contribution in [2.75, 3.05) is 27.2 Å². The highest BCUT2D eigenvalue weighted by Crippen LogP contribution is 2.33. The quantitative estimate of drug-likeness (QED) is 0.853. The van der Waals surface area contributed by atoms with Gasteiger partial charge in [-0.2, -0.15) is 0 Å². The van der Waals surface area contributed by atoms with Gasteiger partial charge >= 0.3 is 0 Å². The van der Waals surface area contributed by atoms with Crippen molar-refractivity contribution in [2.45, 2.75) is 12.3 Å². The van der Waals surface area contributed by atoms with Gasteiger partial charge in [0.25, 0.3) is 5.91 Å². The number of nitrogens with one attached hydrogen (secondary N) is 1. The van der Waals surface area contributed by atoms with Gasteiger partial charge in [-0.25, -0.2) is 0 Å². The molecule has 0 aliphatic carbocycles. The molecule has 1 aromatic rings. The molecule has 5 heteroatoms. The van der Waals surface area contributed by atoms with Gasteiger partial charge in [0.05, 0.1) is 4.91 Å². The van der Waals surface area contributed by atoms with Crippen LogP contribution < -0.4 is 5.32 Å². The highest BCUT2D eigenvalue weighted by molar-refractivity contribution is 8.18. The van der Waals surface area contributed by atoms with Crippen LogP contribution in [0, 0.1) is 0 Å². The first kappa shape index (κ1) is 14.4. The lowest BCUT2D eigenvalue weighted by Gasteiger charge is -2.12. The number of thioether (sulfide) groups is 1. The minimum Gasteiger partial charge on any atom is -0.316 e. The number of amidine groups is 1. The molecule has 2 aliphatic heterocycles. The summed E-state index contributed by atoms with van der Waals surface area (Å²) in [5.74, 6) is 0.566. The number of hydrogen-bond acceptors (Lipinski definition) is 4. The van der Waals surface area contributed by atoms with E-state index in [1.807, 2.05) is 12.1 Å². The molecule has 2 heterocycles. The summed E-state index contributed by atoms with van der Waals surface area (Å²) in [5.41, 5.74) is 2.47. The van der Waals surface area contributed by atoms with Crippen LogP contribution in [0.25, 0.3) is 6.08 Å². The summed E-state index contributed by atoms with van der Waals surface area (Å²) in [6, 6.07) is 8.37. The summed E-state index contributed by atoms with van der Waals surface area (Å²) in [4.78, 5) is 18.8. The maximum atomic E-state index is 12.3. The monoisotopic (exact) mass is 301 g/mol. The highest BCUT2D eigenvalue weighted by atomic mass is 32.2. The van der Waals surface area contributed by atoms with Crippen molar-refractivity contribution in [2.24, 2.45) is 4.99 Å². The molecular weight excluding hydrogens is 282 g/mol. The Labute approximate surface area is 129 Å². The molecule has 4 nitrogen and oxygen atoms in total. The summed E-state index contributed by atoms with van der Waals surface area (Å²) in [6.45, 7) is 2.08. The van der Waals surface area contributed by atoms with E-state index in [0.717, 1.165) is 35.1 Å². The Balaban J connectivity index is 1.95. The van der Waals surface area contributed by atoms with Crippen LogP contribution in [0.2, 0.25) is 0 Å². The second-order valence-electron chi connectivity index (χ2n) is 5.30. The molecule has 0 spiro atoms. The lowest BCUT2D eigenvalue weighted by atomic mass is 9.93. The third-order valence-corrected chi connectivity index (χ3v) is 5.13. The zero-order chi connectivity index (χ0) is 14.8. The van der Waals surface area contributed by atoms with Crippen molar-refractivity contribution in [3.63, 3.8) is 0 Å². The van der Waals surface area contributed by atoms with Crippen molar-refractivity contribution in [1.82, 2.24) is 10.2 Å². The van der Waals surface area contributed by atoms with E-state index in [1.54, 1.807) is 19.0 Å². The number of amides is 1. The number of carbonyl (C=O) groups is 1. The molecule has 0 saturated carbocycles. The summed E-state index contributed by atoms with van der Waals surface area (Å²) >= 11 is 1.44. The average molecular weight is 301 g/mol. The lowest BCUT2D eigenvalue weighted by Crippen LogP contribution is -2.23. The largest absolute Gasteiger partial charge is 0.316 e. The van der Waals surface area contributed by atoms with E-state index in [0.29, 0.717) is 5.92 Å². The minimum absolute atomic E-state index is 0.0277. The van der Waals surface area contributed by atoms with Crippen LogP contribution in [-0.4, -0.2) is 43.2 Å². The Morgan fingerprint density at radius 1 is 1.43 bits per heavy atom. The summed E-state index contributed by atoms with van der Waals surface area (Å²) in [5, 5.41) is 4.16. The van der Waals surface area contributed by atoms with E-state index < -0.39 is 0 Å². The number of likely N-dealkylation sites (N-methyl/N-ethyl adjacent to an activating group) is 1. The van der Waals surface area contributed by atoms with Gasteiger partial charge in [-0.3, -0.25) is 14.7 Å². The van der Waals surface area contributed by atoms with Crippen molar-refractivity contribution >= 4 is 28.9 Å². The number of benzene rings is 1. The van der Waals surface area contributed by atoms with Crippen LogP contribution in [0.4, 0.5) is 0 Å². The number of aliphatic imine (C=N–C) groups is 1. The van der Waals surface area contributed by atoms with Crippen molar-refractivity contribution < 1.29 is 4.79 Å². The van der Waals surface area contributed by atoms with Gasteiger partial charge in [0, 0.05) is 20.6 Å². The van der Waals surface area contributed by atoms with Gasteiger partial charge < -0.3 is 5.32 Å². The van der Waals surface area contributed by atoms with Gasteiger partial charge in [-0.15, -0.1) is 0 Å². The summed E-state index contributed by atoms with van der Waals surface area (Å²) in [7, 11) is 3.48. The van der Waals surface area contributed by atoms with E-state index in [2.05, 4.69) is 28.5 Å². The van der Waals surface area contributed by atoms with Gasteiger partial charge in [0.15, 0.2) is 5.17 Å². The zero-order valence-corrected chi connectivity index (χ0v) is 13.1. The standard InChI is InChI=1S/C16H19N3OS/c1-17-16-19(2)15(20)14(21-16)9-11-5-3-4-6-13(11)12-7-8-18-10-12/h3-6,9,12,18H,7-8,10H2,1-2H3/b14-9+,17-16?. The first-order valence-electron chi connectivity index (χ1n) is 7.14. The number of hydrogen-bond donors (Lipinski definition) is 1. The topological polar surface area (TPSA) is 44.7 Å². The second-order valence-corrected chi connectivity index (χ2v) is 6.31. The summed E-state index contributed by atoms with van der Waals surface area (Å²) < 4.78 is 0. The molecule has 1 amide bonds. The van der Waals surface area contributed by atoms with E-state index in [9.17, 15) is 4.79 Å². The van der Waals surface area contributed by atoms with Crippen molar-refractivity contribution in [1.29, 1.82) is 0 Å². The predicted molar refractivity (Wildman–Crippen MR) is 88.4 cm³/mol. The Hall–Kier alpha value is -1.59. The van der Waals surface area contributed by atoms with E-state index >= 15 is 0 Å². The normalized spacial score (nSPS) is 26.3. The molecule has 2 aliphatic rings. The summed E-state index contributed by atoms with van der Waals surface area (Å²) in [6.07, 6.45) is 3.16. The van der Waals surface area contributed by atoms with Gasteiger partial charge in [-0.1, -0.05) is 24.3 Å². The molecule has 2 fully saturated rings. The van der Waals surface area contributed by atoms with E-state index in [-0.39, 0.29) is 5.91 Å². The third-order valence-electron chi connectivity index (χ3n) is 3.98. The first-order chi connectivity index (χ1) is 10.2. The van der Waals surface area contributed by atoms with Crippen LogP contribution >= 0.6 is 11.8 Å². The van der Waals surface area contributed by atoms with E-state index in [1.165, 1.54) is 17.3 Å². The van der Waals surface area contributed by atoms with Crippen LogP contribution in [0.15, 0.2) is 34.2 Å².